The minimum Gasteiger partial charge on any atom is -0.466 e. The van der Waals surface area contributed by atoms with Crippen molar-refractivity contribution in [3.05, 3.63) is 33.4 Å². The van der Waals surface area contributed by atoms with Crippen LogP contribution >= 0.6 is 23.2 Å². The second-order valence-electron chi connectivity index (χ2n) is 6.70. The number of hydrogen-bond donors (Lipinski definition) is 2. The van der Waals surface area contributed by atoms with Crippen LogP contribution < -0.4 is 5.32 Å². The van der Waals surface area contributed by atoms with E-state index in [1.165, 1.54) is 5.56 Å². The molecule has 0 spiro atoms. The molecule has 0 radical (unpaired) electrons. The zero-order valence-electron chi connectivity index (χ0n) is 13.5. The molecule has 0 bridgehead atoms. The number of esters is 1. The lowest BCUT2D eigenvalue weighted by Crippen LogP contribution is -2.51. The van der Waals surface area contributed by atoms with E-state index in [1.807, 2.05) is 19.1 Å². The van der Waals surface area contributed by atoms with E-state index >= 15 is 0 Å². The van der Waals surface area contributed by atoms with E-state index in [0.717, 1.165) is 48.8 Å². The standard InChI is InChI=1S/C18H20Cl2N2O2/c1-2-24-17(23)18(5-3-6-18)16-15-10(4-7-21-16)11-8-12(19)13(20)9-14(11)22-15/h8-9,16,21-22H,2-7H2,1H3. The van der Waals surface area contributed by atoms with Gasteiger partial charge in [0.2, 0.25) is 0 Å². The number of carbonyl (C=O) groups is 1. The number of fused-ring (bicyclic) bond motifs is 3. The predicted molar refractivity (Wildman–Crippen MR) is 95.7 cm³/mol. The highest BCUT2D eigenvalue weighted by Gasteiger charge is 2.53. The molecule has 0 amide bonds. The first-order valence-corrected chi connectivity index (χ1v) is 9.22. The molecule has 4 nitrogen and oxygen atoms in total. The predicted octanol–water partition coefficient (Wildman–Crippen LogP) is 4.39. The van der Waals surface area contributed by atoms with Gasteiger partial charge in [-0.15, -0.1) is 0 Å². The van der Waals surface area contributed by atoms with E-state index in [1.54, 1.807) is 0 Å². The van der Waals surface area contributed by atoms with Crippen molar-refractivity contribution in [2.75, 3.05) is 13.2 Å². The van der Waals surface area contributed by atoms with E-state index in [2.05, 4.69) is 10.3 Å². The number of nitrogens with one attached hydrogen (secondary N) is 2. The Balaban J connectivity index is 1.83. The molecule has 1 unspecified atom stereocenters. The molecule has 1 aromatic heterocycles. The van der Waals surface area contributed by atoms with Crippen LogP contribution in [0.2, 0.25) is 10.0 Å². The zero-order valence-corrected chi connectivity index (χ0v) is 15.1. The van der Waals surface area contributed by atoms with Crippen molar-refractivity contribution in [1.82, 2.24) is 10.3 Å². The lowest BCUT2D eigenvalue weighted by atomic mass is 9.62. The molecule has 2 N–H and O–H groups in total. The highest BCUT2D eigenvalue weighted by atomic mass is 35.5. The number of ether oxygens (including phenoxy) is 1. The van der Waals surface area contributed by atoms with E-state index in [-0.39, 0.29) is 12.0 Å². The number of carbonyl (C=O) groups excluding carboxylic acids is 1. The summed E-state index contributed by atoms with van der Waals surface area (Å²) in [6, 6.07) is 3.75. The summed E-state index contributed by atoms with van der Waals surface area (Å²) in [5.41, 5.74) is 2.84. The first-order valence-electron chi connectivity index (χ1n) is 8.47. The summed E-state index contributed by atoms with van der Waals surface area (Å²) in [5.74, 6) is -0.0867. The highest BCUT2D eigenvalue weighted by molar-refractivity contribution is 6.42. The molecule has 1 aliphatic carbocycles. The first-order chi connectivity index (χ1) is 11.6. The van der Waals surface area contributed by atoms with Crippen LogP contribution in [0, 0.1) is 5.41 Å². The number of aromatic nitrogens is 1. The van der Waals surface area contributed by atoms with Gasteiger partial charge in [-0.2, -0.15) is 0 Å². The fourth-order valence-corrected chi connectivity index (χ4v) is 4.47. The van der Waals surface area contributed by atoms with Gasteiger partial charge in [0.25, 0.3) is 0 Å². The highest BCUT2D eigenvalue weighted by Crippen LogP contribution is 2.53. The van der Waals surface area contributed by atoms with Gasteiger partial charge in [-0.1, -0.05) is 29.6 Å². The van der Waals surface area contributed by atoms with Crippen molar-refractivity contribution in [2.24, 2.45) is 5.41 Å². The largest absolute Gasteiger partial charge is 0.466 e. The molecule has 128 valence electrons. The van der Waals surface area contributed by atoms with Crippen LogP contribution in [0.4, 0.5) is 0 Å². The van der Waals surface area contributed by atoms with Crippen LogP contribution in [-0.2, 0) is 16.0 Å². The van der Waals surface area contributed by atoms with Gasteiger partial charge in [0.15, 0.2) is 0 Å². The Morgan fingerprint density at radius 3 is 2.75 bits per heavy atom. The molecule has 1 aliphatic heterocycles. The minimum absolute atomic E-state index is 0.0426. The average Bonchev–Trinajstić information content (AvgIpc) is 2.85. The second-order valence-corrected chi connectivity index (χ2v) is 7.51. The normalized spacial score (nSPS) is 22.0. The van der Waals surface area contributed by atoms with Gasteiger partial charge in [0.1, 0.15) is 0 Å². The van der Waals surface area contributed by atoms with Crippen LogP contribution in [0.1, 0.15) is 43.5 Å². The Labute approximate surface area is 150 Å². The molecule has 4 rings (SSSR count). The van der Waals surface area contributed by atoms with Crippen LogP contribution in [0.5, 0.6) is 0 Å². The number of rotatable bonds is 3. The van der Waals surface area contributed by atoms with Crippen LogP contribution in [0.3, 0.4) is 0 Å². The van der Waals surface area contributed by atoms with Gasteiger partial charge in [0, 0.05) is 16.6 Å². The molecule has 2 aliphatic rings. The molecule has 1 atom stereocenters. The van der Waals surface area contributed by atoms with Crippen molar-refractivity contribution in [2.45, 2.75) is 38.6 Å². The van der Waals surface area contributed by atoms with Crippen molar-refractivity contribution in [1.29, 1.82) is 0 Å². The zero-order chi connectivity index (χ0) is 16.9. The lowest BCUT2D eigenvalue weighted by molar-refractivity contribution is -0.164. The quantitative estimate of drug-likeness (QED) is 0.791. The number of benzene rings is 1. The van der Waals surface area contributed by atoms with E-state index < -0.39 is 5.41 Å². The van der Waals surface area contributed by atoms with Crippen LogP contribution in [0.15, 0.2) is 12.1 Å². The molecule has 2 heterocycles. The molecule has 24 heavy (non-hydrogen) atoms. The van der Waals surface area contributed by atoms with Gasteiger partial charge in [-0.05, 0) is 50.4 Å². The average molecular weight is 367 g/mol. The van der Waals surface area contributed by atoms with Gasteiger partial charge in [-0.25, -0.2) is 0 Å². The third-order valence-electron chi connectivity index (χ3n) is 5.47. The summed E-state index contributed by atoms with van der Waals surface area (Å²) in [6.45, 7) is 3.11. The summed E-state index contributed by atoms with van der Waals surface area (Å²) in [6.07, 6.45) is 3.69. The van der Waals surface area contributed by atoms with E-state index in [9.17, 15) is 4.79 Å². The molecule has 1 fully saturated rings. The van der Waals surface area contributed by atoms with Crippen LogP contribution in [0.25, 0.3) is 10.9 Å². The smallest absolute Gasteiger partial charge is 0.314 e. The van der Waals surface area contributed by atoms with Gasteiger partial charge >= 0.3 is 5.97 Å². The van der Waals surface area contributed by atoms with Crippen molar-refractivity contribution >= 4 is 40.1 Å². The third-order valence-corrected chi connectivity index (χ3v) is 6.19. The molecule has 6 heteroatoms. The Morgan fingerprint density at radius 2 is 2.08 bits per heavy atom. The van der Waals surface area contributed by atoms with Gasteiger partial charge < -0.3 is 15.0 Å². The fourth-order valence-electron chi connectivity index (χ4n) is 4.14. The summed E-state index contributed by atoms with van der Waals surface area (Å²) in [5, 5.41) is 5.75. The Hall–Kier alpha value is -1.23. The van der Waals surface area contributed by atoms with Crippen molar-refractivity contribution < 1.29 is 9.53 Å². The van der Waals surface area contributed by atoms with Gasteiger partial charge in [0.05, 0.1) is 28.1 Å². The number of H-pyrrole nitrogens is 1. The molecular formula is C18H20Cl2N2O2. The van der Waals surface area contributed by atoms with Gasteiger partial charge in [-0.3, -0.25) is 4.79 Å². The maximum Gasteiger partial charge on any atom is 0.314 e. The summed E-state index contributed by atoms with van der Waals surface area (Å²) in [7, 11) is 0. The van der Waals surface area contributed by atoms with E-state index in [4.69, 9.17) is 27.9 Å². The topological polar surface area (TPSA) is 54.1 Å². The Bertz CT molecular complexity index is 811. The number of aromatic amines is 1. The molecule has 0 saturated heterocycles. The second kappa shape index (κ2) is 5.94. The minimum atomic E-state index is -0.459. The molecule has 1 saturated carbocycles. The monoisotopic (exact) mass is 366 g/mol. The molecule has 2 aromatic rings. The Morgan fingerprint density at radius 1 is 1.33 bits per heavy atom. The molecule has 1 aromatic carbocycles. The van der Waals surface area contributed by atoms with Crippen LogP contribution in [-0.4, -0.2) is 24.1 Å². The molecular weight excluding hydrogens is 347 g/mol. The summed E-state index contributed by atoms with van der Waals surface area (Å²) < 4.78 is 5.39. The number of halogens is 2. The third kappa shape index (κ3) is 2.27. The maximum atomic E-state index is 12.7. The Kier molecular flexibility index (Phi) is 4.02. The lowest BCUT2D eigenvalue weighted by Gasteiger charge is -2.46. The number of hydrogen-bond acceptors (Lipinski definition) is 3. The van der Waals surface area contributed by atoms with E-state index in [0.29, 0.717) is 16.7 Å². The van der Waals surface area contributed by atoms with Crippen molar-refractivity contribution in [3.63, 3.8) is 0 Å². The fraction of sp³-hybridized carbons (Fsp3) is 0.500. The first kappa shape index (κ1) is 16.2. The summed E-state index contributed by atoms with van der Waals surface area (Å²) in [4.78, 5) is 16.2. The van der Waals surface area contributed by atoms with Crippen molar-refractivity contribution in [3.8, 4) is 0 Å². The summed E-state index contributed by atoms with van der Waals surface area (Å²) >= 11 is 12.4. The maximum absolute atomic E-state index is 12.7. The SMILES string of the molecule is CCOC(=O)C1(C2NCCc3c2[nH]c2cc(Cl)c(Cl)cc32)CCC1.